The number of fused-ring (bicyclic) bond motifs is 3. The molecule has 19 heavy (non-hydrogen) atoms. The average Bonchev–Trinajstić information content (AvgIpc) is 2.63. The molecule has 4 heteroatoms. The third-order valence-corrected chi connectivity index (χ3v) is 5.76. The number of ether oxygens (including phenoxy) is 1. The highest BCUT2D eigenvalue weighted by atomic mass is 32.2. The molecule has 1 aromatic rings. The fraction of sp³-hybridized carbons (Fsp3) is 0.600. The van der Waals surface area contributed by atoms with E-state index in [0.717, 1.165) is 18.8 Å². The number of anilines is 1. The highest BCUT2D eigenvalue weighted by Gasteiger charge is 2.41. The quantitative estimate of drug-likeness (QED) is 0.851. The van der Waals surface area contributed by atoms with Crippen LogP contribution in [0, 0.1) is 0 Å². The molecule has 3 nitrogen and oxygen atoms in total. The Balaban J connectivity index is 1.88. The molecule has 102 valence electrons. The van der Waals surface area contributed by atoms with Crippen LogP contribution in [0.15, 0.2) is 17.0 Å². The van der Waals surface area contributed by atoms with Gasteiger partial charge in [-0.2, -0.15) is 0 Å². The van der Waals surface area contributed by atoms with Crippen molar-refractivity contribution >= 4 is 17.4 Å². The van der Waals surface area contributed by atoms with Crippen LogP contribution in [0.3, 0.4) is 0 Å². The Kier molecular flexibility index (Phi) is 2.88. The van der Waals surface area contributed by atoms with Crippen molar-refractivity contribution in [3.05, 3.63) is 17.7 Å². The molecule has 0 aromatic heterocycles. The third-order valence-electron chi connectivity index (χ3n) is 4.65. The third kappa shape index (κ3) is 1.77. The van der Waals surface area contributed by atoms with E-state index in [-0.39, 0.29) is 0 Å². The van der Waals surface area contributed by atoms with Crippen LogP contribution in [0.2, 0.25) is 0 Å². The number of hydrogen-bond acceptors (Lipinski definition) is 4. The van der Waals surface area contributed by atoms with Crippen molar-refractivity contribution in [2.24, 2.45) is 0 Å². The van der Waals surface area contributed by atoms with Crippen LogP contribution in [0.1, 0.15) is 24.3 Å². The first kappa shape index (κ1) is 11.9. The molecule has 4 rings (SSSR count). The lowest BCUT2D eigenvalue weighted by molar-refractivity contribution is 0.399. The number of rotatable bonds is 1. The summed E-state index contributed by atoms with van der Waals surface area (Å²) in [4.78, 5) is 4.12. The van der Waals surface area contributed by atoms with E-state index in [1.54, 1.807) is 7.11 Å². The lowest BCUT2D eigenvalue weighted by Gasteiger charge is -2.33. The van der Waals surface area contributed by atoms with Crippen LogP contribution < -0.4 is 15.0 Å². The number of hydrogen-bond donors (Lipinski definition) is 1. The first-order valence-corrected chi connectivity index (χ1v) is 8.19. The molecule has 1 saturated heterocycles. The molecule has 0 saturated carbocycles. The van der Waals surface area contributed by atoms with Crippen molar-refractivity contribution in [3.63, 3.8) is 0 Å². The van der Waals surface area contributed by atoms with E-state index in [1.165, 1.54) is 41.3 Å². The summed E-state index contributed by atoms with van der Waals surface area (Å²) in [5.41, 5.74) is 3.03. The number of nitrogens with zero attached hydrogens (tertiary/aromatic N) is 1. The van der Waals surface area contributed by atoms with E-state index < -0.39 is 0 Å². The summed E-state index contributed by atoms with van der Waals surface area (Å²) in [7, 11) is 1.78. The van der Waals surface area contributed by atoms with Gasteiger partial charge in [0.15, 0.2) is 0 Å². The van der Waals surface area contributed by atoms with Crippen LogP contribution >= 0.6 is 11.8 Å². The van der Waals surface area contributed by atoms with Gasteiger partial charge in [0.1, 0.15) is 5.75 Å². The molecule has 3 aliphatic heterocycles. The van der Waals surface area contributed by atoms with Gasteiger partial charge in [0, 0.05) is 29.9 Å². The second-order valence-electron chi connectivity index (χ2n) is 5.63. The Morgan fingerprint density at radius 1 is 1.42 bits per heavy atom. The molecule has 3 heterocycles. The molecule has 1 aromatic carbocycles. The topological polar surface area (TPSA) is 24.5 Å². The summed E-state index contributed by atoms with van der Waals surface area (Å²) in [5, 5.41) is 3.56. The maximum atomic E-state index is 5.51. The zero-order valence-electron chi connectivity index (χ0n) is 11.3. The summed E-state index contributed by atoms with van der Waals surface area (Å²) < 4.78 is 5.51. The van der Waals surface area contributed by atoms with Gasteiger partial charge in [-0.15, -0.1) is 11.8 Å². The number of piperidine rings is 1. The van der Waals surface area contributed by atoms with Gasteiger partial charge in [0.25, 0.3) is 0 Å². The predicted molar refractivity (Wildman–Crippen MR) is 79.7 cm³/mol. The van der Waals surface area contributed by atoms with Gasteiger partial charge >= 0.3 is 0 Å². The maximum absolute atomic E-state index is 5.51. The fourth-order valence-corrected chi connectivity index (χ4v) is 4.88. The molecule has 1 fully saturated rings. The molecule has 1 N–H and O–H groups in total. The van der Waals surface area contributed by atoms with Gasteiger partial charge < -0.3 is 15.0 Å². The maximum Gasteiger partial charge on any atom is 0.120 e. The SMILES string of the molecule is COc1cc2c3c(c1)[C@@H]1CNCC[C@@H]1N3CCCS2. The van der Waals surface area contributed by atoms with Crippen molar-refractivity contribution in [2.75, 3.05) is 37.4 Å². The Hall–Kier alpha value is -0.870. The Morgan fingerprint density at radius 3 is 3.26 bits per heavy atom. The summed E-state index contributed by atoms with van der Waals surface area (Å²) in [6, 6.07) is 5.21. The molecule has 0 bridgehead atoms. The minimum Gasteiger partial charge on any atom is -0.497 e. The van der Waals surface area contributed by atoms with Crippen LogP contribution in [-0.4, -0.2) is 38.5 Å². The summed E-state index contributed by atoms with van der Waals surface area (Å²) in [6.07, 6.45) is 2.56. The van der Waals surface area contributed by atoms with E-state index in [0.29, 0.717) is 12.0 Å². The minimum absolute atomic E-state index is 0.649. The molecule has 0 radical (unpaired) electrons. The molecule has 0 spiro atoms. The van der Waals surface area contributed by atoms with Gasteiger partial charge in [-0.05, 0) is 42.8 Å². The number of benzene rings is 1. The van der Waals surface area contributed by atoms with Crippen molar-refractivity contribution < 1.29 is 4.74 Å². The van der Waals surface area contributed by atoms with Crippen LogP contribution in [0.25, 0.3) is 0 Å². The van der Waals surface area contributed by atoms with Crippen molar-refractivity contribution in [1.29, 1.82) is 0 Å². The molecule has 0 amide bonds. The number of nitrogens with one attached hydrogen (secondary N) is 1. The van der Waals surface area contributed by atoms with Crippen molar-refractivity contribution in [1.82, 2.24) is 5.32 Å². The largest absolute Gasteiger partial charge is 0.497 e. The Morgan fingerprint density at radius 2 is 2.37 bits per heavy atom. The second kappa shape index (κ2) is 4.60. The summed E-state index contributed by atoms with van der Waals surface area (Å²) in [5.74, 6) is 2.90. The lowest BCUT2D eigenvalue weighted by Crippen LogP contribution is -2.44. The van der Waals surface area contributed by atoms with Crippen LogP contribution in [0.5, 0.6) is 5.75 Å². The van der Waals surface area contributed by atoms with Gasteiger partial charge in [-0.3, -0.25) is 0 Å². The van der Waals surface area contributed by atoms with Crippen molar-refractivity contribution in [3.8, 4) is 5.75 Å². The molecule has 0 unspecified atom stereocenters. The normalized spacial score (nSPS) is 28.6. The molecule has 2 atom stereocenters. The first-order valence-electron chi connectivity index (χ1n) is 7.20. The summed E-state index contributed by atoms with van der Waals surface area (Å²) >= 11 is 2.00. The molecule has 0 aliphatic carbocycles. The molecular weight excluding hydrogens is 256 g/mol. The molecule has 3 aliphatic rings. The highest BCUT2D eigenvalue weighted by Crippen LogP contribution is 2.50. The van der Waals surface area contributed by atoms with E-state index in [9.17, 15) is 0 Å². The Labute approximate surface area is 118 Å². The van der Waals surface area contributed by atoms with E-state index in [2.05, 4.69) is 22.3 Å². The average molecular weight is 276 g/mol. The zero-order chi connectivity index (χ0) is 12.8. The standard InChI is InChI=1S/C15H20N2OS/c1-18-10-7-11-12-9-16-4-3-13(12)17-5-2-6-19-14(8-10)15(11)17/h7-8,12-13,16H,2-6,9H2,1H3/t12-,13-/m0/s1. The van der Waals surface area contributed by atoms with Crippen LogP contribution in [-0.2, 0) is 0 Å². The Bertz CT molecular complexity index is 505. The van der Waals surface area contributed by atoms with Gasteiger partial charge in [-0.25, -0.2) is 0 Å². The van der Waals surface area contributed by atoms with E-state index >= 15 is 0 Å². The summed E-state index contributed by atoms with van der Waals surface area (Å²) in [6.45, 7) is 3.50. The number of thioether (sulfide) groups is 1. The van der Waals surface area contributed by atoms with Gasteiger partial charge in [-0.1, -0.05) is 0 Å². The highest BCUT2D eigenvalue weighted by molar-refractivity contribution is 7.99. The molecular formula is C15H20N2OS. The fourth-order valence-electron chi connectivity index (χ4n) is 3.82. The van der Waals surface area contributed by atoms with E-state index in [4.69, 9.17) is 4.74 Å². The van der Waals surface area contributed by atoms with Crippen LogP contribution in [0.4, 0.5) is 5.69 Å². The zero-order valence-corrected chi connectivity index (χ0v) is 12.1. The monoisotopic (exact) mass is 276 g/mol. The van der Waals surface area contributed by atoms with Gasteiger partial charge in [0.05, 0.1) is 12.8 Å². The minimum atomic E-state index is 0.649. The number of methoxy groups -OCH3 is 1. The smallest absolute Gasteiger partial charge is 0.120 e. The predicted octanol–water partition coefficient (Wildman–Crippen LogP) is 2.46. The van der Waals surface area contributed by atoms with E-state index in [1.807, 2.05) is 11.8 Å². The van der Waals surface area contributed by atoms with Gasteiger partial charge in [0.2, 0.25) is 0 Å². The van der Waals surface area contributed by atoms with Crippen molar-refractivity contribution in [2.45, 2.75) is 29.7 Å². The first-order chi connectivity index (χ1) is 9.38. The lowest BCUT2D eigenvalue weighted by atomic mass is 9.90. The second-order valence-corrected chi connectivity index (χ2v) is 6.76.